The molecule has 2 aliphatic heterocycles. The quantitative estimate of drug-likeness (QED) is 0.372. The fraction of sp³-hybridized carbons (Fsp3) is 0.579. The molecule has 2 saturated heterocycles. The number of phenolic OH excluding ortho intramolecular Hbond substituents is 1. The lowest BCUT2D eigenvalue weighted by molar-refractivity contribution is -0.272. The van der Waals surface area contributed by atoms with Crippen LogP contribution < -0.4 is 0 Å². The van der Waals surface area contributed by atoms with Gasteiger partial charge in [0.15, 0.2) is 17.3 Å². The van der Waals surface area contributed by atoms with Gasteiger partial charge in [-0.15, -0.1) is 5.10 Å². The molecule has 2 saturated carbocycles. The predicted octanol–water partition coefficient (Wildman–Crippen LogP) is 6.20. The number of benzene rings is 1. The van der Waals surface area contributed by atoms with E-state index < -0.39 is 5.79 Å². The first-order valence-corrected chi connectivity index (χ1v) is 17.3. The number of phenols is 1. The fourth-order valence-electron chi connectivity index (χ4n) is 10.4. The molecule has 3 heterocycles. The minimum atomic E-state index is -0.414. The highest BCUT2D eigenvalue weighted by molar-refractivity contribution is 6.04. The zero-order valence-corrected chi connectivity index (χ0v) is 27.7. The topological polar surface area (TPSA) is 113 Å². The molecule has 8 rings (SSSR count). The van der Waals surface area contributed by atoms with Gasteiger partial charge in [-0.05, 0) is 90.5 Å². The van der Waals surface area contributed by atoms with Crippen LogP contribution in [0.15, 0.2) is 66.1 Å². The van der Waals surface area contributed by atoms with Gasteiger partial charge in [-0.2, -0.15) is 0 Å². The molecule has 4 aliphatic carbocycles. The Morgan fingerprint density at radius 2 is 2.02 bits per heavy atom. The molecule has 2 aromatic rings. The van der Waals surface area contributed by atoms with E-state index in [0.717, 1.165) is 37.9 Å². The number of aromatic nitrogens is 3. The van der Waals surface area contributed by atoms with Gasteiger partial charge in [0.2, 0.25) is 5.78 Å². The van der Waals surface area contributed by atoms with E-state index in [1.165, 1.54) is 23.2 Å². The number of Topliss-reactive ketones (excluding diaryl/α,β-unsaturated/α-hetero) is 1. The van der Waals surface area contributed by atoms with Crippen molar-refractivity contribution in [3.05, 3.63) is 77.4 Å². The monoisotopic (exact) mass is 639 g/mol. The van der Waals surface area contributed by atoms with Crippen LogP contribution in [0.3, 0.4) is 0 Å². The lowest BCUT2D eigenvalue weighted by atomic mass is 9.49. The second-order valence-corrected chi connectivity index (χ2v) is 15.6. The maximum absolute atomic E-state index is 13.2. The summed E-state index contributed by atoms with van der Waals surface area (Å²) < 4.78 is 21.0. The smallest absolute Gasteiger partial charge is 0.220 e. The molecule has 0 unspecified atom stereocenters. The summed E-state index contributed by atoms with van der Waals surface area (Å²) >= 11 is 0. The third-order valence-electron chi connectivity index (χ3n) is 12.9. The van der Waals surface area contributed by atoms with Crippen LogP contribution >= 0.6 is 0 Å². The van der Waals surface area contributed by atoms with Crippen LogP contribution in [0.5, 0.6) is 5.75 Å². The minimum Gasteiger partial charge on any atom is -0.508 e. The zero-order chi connectivity index (χ0) is 32.7. The van der Waals surface area contributed by atoms with Crippen molar-refractivity contribution in [3.8, 4) is 5.75 Å². The second kappa shape index (κ2) is 11.0. The molecule has 1 aromatic carbocycles. The first kappa shape index (κ1) is 30.8. The van der Waals surface area contributed by atoms with Gasteiger partial charge < -0.3 is 19.3 Å². The lowest BCUT2D eigenvalue weighted by Crippen LogP contribution is -2.51. The van der Waals surface area contributed by atoms with Gasteiger partial charge in [0.05, 0.1) is 18.9 Å². The van der Waals surface area contributed by atoms with E-state index in [0.29, 0.717) is 52.5 Å². The van der Waals surface area contributed by atoms with Crippen LogP contribution in [-0.4, -0.2) is 50.2 Å². The SMILES string of the molecule is C[C@@H]1CC[C@@]2(OC1)O[C@H]1C[C@H]3[C@@H]4C=CC5=CC(=O)C(OCc6cn(CC(=O)c7cccc(O)c7)nn6)=C[C@]5(C)[C@H]4CC[C@]3(C)[C@H]1[C@@H]2C. The Morgan fingerprint density at radius 1 is 1.17 bits per heavy atom. The number of aromatic hydroxyl groups is 1. The van der Waals surface area contributed by atoms with Gasteiger partial charge in [-0.1, -0.05) is 57.2 Å². The minimum absolute atomic E-state index is 0.0174. The molecular weight excluding hydrogens is 594 g/mol. The Labute approximate surface area is 276 Å². The molecular formula is C38H45N3O6. The molecule has 9 heteroatoms. The van der Waals surface area contributed by atoms with Crippen LogP contribution in [0, 0.1) is 46.3 Å². The largest absolute Gasteiger partial charge is 0.508 e. The number of carbonyl (C=O) groups excluding carboxylic acids is 2. The maximum atomic E-state index is 13.2. The van der Waals surface area contributed by atoms with Crippen molar-refractivity contribution in [1.29, 1.82) is 0 Å². The van der Waals surface area contributed by atoms with Gasteiger partial charge in [0, 0.05) is 23.3 Å². The summed E-state index contributed by atoms with van der Waals surface area (Å²) in [6.07, 6.45) is 15.7. The van der Waals surface area contributed by atoms with Crippen molar-refractivity contribution < 1.29 is 28.9 Å². The van der Waals surface area contributed by atoms with Crippen molar-refractivity contribution in [2.24, 2.45) is 46.3 Å². The molecule has 1 aromatic heterocycles. The van der Waals surface area contributed by atoms with Crippen molar-refractivity contribution in [3.63, 3.8) is 0 Å². The predicted molar refractivity (Wildman–Crippen MR) is 173 cm³/mol. The van der Waals surface area contributed by atoms with Crippen molar-refractivity contribution in [2.45, 2.75) is 84.8 Å². The second-order valence-electron chi connectivity index (χ2n) is 15.6. The Hall–Kier alpha value is -3.56. The van der Waals surface area contributed by atoms with Crippen LogP contribution in [0.25, 0.3) is 0 Å². The normalized spacial score (nSPS) is 40.3. The van der Waals surface area contributed by atoms with Crippen LogP contribution in [0.1, 0.15) is 75.9 Å². The van der Waals surface area contributed by atoms with E-state index in [1.54, 1.807) is 24.4 Å². The molecule has 1 spiro atoms. The van der Waals surface area contributed by atoms with E-state index in [-0.39, 0.29) is 47.4 Å². The van der Waals surface area contributed by atoms with Gasteiger partial charge in [0.1, 0.15) is 24.6 Å². The summed E-state index contributed by atoms with van der Waals surface area (Å²) in [5.41, 5.74) is 1.85. The van der Waals surface area contributed by atoms with E-state index in [2.05, 4.69) is 56.2 Å². The molecule has 4 fully saturated rings. The molecule has 0 bridgehead atoms. The average Bonchev–Trinajstić information content (AvgIpc) is 3.69. The zero-order valence-electron chi connectivity index (χ0n) is 27.7. The maximum Gasteiger partial charge on any atom is 0.220 e. The number of hydrogen-bond donors (Lipinski definition) is 1. The number of nitrogens with zero attached hydrogens (tertiary/aromatic N) is 3. The van der Waals surface area contributed by atoms with E-state index in [9.17, 15) is 14.7 Å². The van der Waals surface area contributed by atoms with E-state index in [4.69, 9.17) is 14.2 Å². The van der Waals surface area contributed by atoms with Gasteiger partial charge in [0.25, 0.3) is 0 Å². The highest BCUT2D eigenvalue weighted by Gasteiger charge is 2.68. The number of ketones is 2. The summed E-state index contributed by atoms with van der Waals surface area (Å²) in [7, 11) is 0. The number of ether oxygens (including phenoxy) is 3. The van der Waals surface area contributed by atoms with Crippen LogP contribution in [0.2, 0.25) is 0 Å². The Balaban J connectivity index is 0.970. The van der Waals surface area contributed by atoms with Crippen LogP contribution in [0.4, 0.5) is 0 Å². The summed E-state index contributed by atoms with van der Waals surface area (Å²) in [6, 6.07) is 6.23. The fourth-order valence-corrected chi connectivity index (χ4v) is 10.4. The highest BCUT2D eigenvalue weighted by Crippen LogP contribution is 2.69. The Morgan fingerprint density at radius 3 is 2.81 bits per heavy atom. The molecule has 47 heavy (non-hydrogen) atoms. The van der Waals surface area contributed by atoms with Gasteiger partial charge >= 0.3 is 0 Å². The molecule has 9 nitrogen and oxygen atoms in total. The Kier molecular flexibility index (Phi) is 7.19. The molecule has 10 atom stereocenters. The number of allylic oxidation sites excluding steroid dienone is 5. The van der Waals surface area contributed by atoms with Gasteiger partial charge in [-0.25, -0.2) is 4.68 Å². The summed E-state index contributed by atoms with van der Waals surface area (Å²) in [6.45, 7) is 10.3. The first-order valence-electron chi connectivity index (χ1n) is 17.3. The number of hydrogen-bond acceptors (Lipinski definition) is 8. The van der Waals surface area contributed by atoms with Crippen LogP contribution in [-0.2, 0) is 32.2 Å². The third-order valence-corrected chi connectivity index (χ3v) is 12.9. The van der Waals surface area contributed by atoms with Crippen molar-refractivity contribution in [1.82, 2.24) is 15.0 Å². The number of carbonyl (C=O) groups is 2. The summed E-state index contributed by atoms with van der Waals surface area (Å²) in [5.74, 6) is 2.37. The lowest BCUT2D eigenvalue weighted by Gasteiger charge is -2.55. The molecule has 0 radical (unpaired) electrons. The van der Waals surface area contributed by atoms with E-state index in [1.807, 2.05) is 0 Å². The number of rotatable bonds is 6. The third kappa shape index (κ3) is 4.87. The van der Waals surface area contributed by atoms with Crippen molar-refractivity contribution in [2.75, 3.05) is 6.61 Å². The molecule has 248 valence electrons. The summed E-state index contributed by atoms with van der Waals surface area (Å²) in [5, 5.41) is 17.9. The molecule has 0 amide bonds. The first-order chi connectivity index (χ1) is 22.5. The summed E-state index contributed by atoms with van der Waals surface area (Å²) in [4.78, 5) is 25.9. The standard InChI is InChI=1S/C38H45N3O6/c1-22-10-13-38(46-20-22)23(2)35-33(47-38)16-30-28-9-8-25-15-31(43)34(17-37(25,4)29(28)11-12-36(30,35)3)45-21-26-18-41(40-39-26)19-32(44)24-6-5-7-27(42)14-24/h5-9,14-15,17-18,22-23,28-30,33,35,42H,10-13,16,19-21H2,1-4H3/t22-,23+,28-,29+,30+,33+,35+,36+,37+,38-/m1/s1. The Bertz CT molecular complexity index is 1700. The van der Waals surface area contributed by atoms with Crippen molar-refractivity contribution >= 4 is 11.6 Å². The molecule has 1 N–H and O–H groups in total. The van der Waals surface area contributed by atoms with E-state index >= 15 is 0 Å². The average molecular weight is 640 g/mol. The number of fused-ring (bicyclic) bond motifs is 7. The highest BCUT2D eigenvalue weighted by atomic mass is 16.7. The van der Waals surface area contributed by atoms with Gasteiger partial charge in [-0.3, -0.25) is 9.59 Å². The molecule has 6 aliphatic rings.